The first-order valence-electron chi connectivity index (χ1n) is 11.6. The predicted molar refractivity (Wildman–Crippen MR) is 83.8 cm³/mol. The van der Waals surface area contributed by atoms with Gasteiger partial charge in [0.2, 0.25) is 0 Å². The summed E-state index contributed by atoms with van der Waals surface area (Å²) in [5.41, 5.74) is -1.40. The molecule has 3 heterocycles. The highest BCUT2D eigenvalue weighted by Gasteiger charge is 2.52. The summed E-state index contributed by atoms with van der Waals surface area (Å²) in [4.78, 5) is 8.25. The van der Waals surface area contributed by atoms with Gasteiger partial charge in [-0.15, -0.1) is 0 Å². The minimum atomic E-state index is -3.50. The van der Waals surface area contributed by atoms with Gasteiger partial charge in [-0.1, -0.05) is 0 Å². The van der Waals surface area contributed by atoms with Crippen LogP contribution in [0.5, 0.6) is 0 Å². The first-order chi connectivity index (χ1) is 13.7. The van der Waals surface area contributed by atoms with Crippen molar-refractivity contribution in [2.45, 2.75) is 58.0 Å². The van der Waals surface area contributed by atoms with Gasteiger partial charge in [0, 0.05) is 32.9 Å². The Morgan fingerprint density at radius 2 is 1.71 bits per heavy atom. The summed E-state index contributed by atoms with van der Waals surface area (Å²) in [5, 5.41) is 0. The van der Waals surface area contributed by atoms with Gasteiger partial charge in [0.05, 0.1) is 23.0 Å². The van der Waals surface area contributed by atoms with E-state index in [9.17, 15) is 0 Å². The quantitative estimate of drug-likeness (QED) is 0.779. The van der Waals surface area contributed by atoms with E-state index in [0.717, 1.165) is 6.20 Å². The van der Waals surface area contributed by atoms with Crippen LogP contribution in [-0.4, -0.2) is 41.3 Å². The summed E-state index contributed by atoms with van der Waals surface area (Å²) < 4.78 is 92.7. The van der Waals surface area contributed by atoms with Gasteiger partial charge in [0.1, 0.15) is 5.82 Å². The third kappa shape index (κ3) is 2.79. The van der Waals surface area contributed by atoms with E-state index in [1.807, 2.05) is 0 Å². The van der Waals surface area contributed by atoms with Gasteiger partial charge in [-0.3, -0.25) is 4.98 Å². The Balaban J connectivity index is 2.13. The van der Waals surface area contributed by atoms with Crippen molar-refractivity contribution in [2.24, 2.45) is 0 Å². The Morgan fingerprint density at radius 1 is 1.10 bits per heavy atom. The van der Waals surface area contributed by atoms with Crippen molar-refractivity contribution in [3.05, 3.63) is 12.4 Å². The topological polar surface area (TPSA) is 47.5 Å². The highest BCUT2D eigenvalue weighted by atomic mass is 16.7. The highest BCUT2D eigenvalue weighted by Crippen LogP contribution is 2.36. The Hall–Kier alpha value is -1.14. The van der Waals surface area contributed by atoms with Gasteiger partial charge in [0.15, 0.2) is 0 Å². The highest BCUT2D eigenvalue weighted by molar-refractivity contribution is 6.61. The summed E-state index contributed by atoms with van der Waals surface area (Å²) in [6.07, 6.45) is -8.17. The second-order valence-corrected chi connectivity index (χ2v) is 5.82. The average Bonchev–Trinajstić information content (AvgIpc) is 2.81. The zero-order valence-electron chi connectivity index (χ0n) is 22.4. The Morgan fingerprint density at radius 3 is 2.33 bits per heavy atom. The van der Waals surface area contributed by atoms with E-state index in [2.05, 4.69) is 9.97 Å². The molecule has 1 aromatic heterocycles. The lowest BCUT2D eigenvalue weighted by Gasteiger charge is -2.32. The van der Waals surface area contributed by atoms with E-state index in [-0.39, 0.29) is 10.5 Å². The molecule has 0 N–H and O–H groups in total. The van der Waals surface area contributed by atoms with Crippen LogP contribution in [0, 0.1) is 0 Å². The van der Waals surface area contributed by atoms with Crippen molar-refractivity contribution in [2.75, 3.05) is 17.9 Å². The summed E-state index contributed by atoms with van der Waals surface area (Å²) in [6.45, 7) is 0.563. The molecule has 2 saturated heterocycles. The zero-order valence-corrected chi connectivity index (χ0v) is 12.4. The van der Waals surface area contributed by atoms with Crippen LogP contribution in [0.1, 0.15) is 60.5 Å². The smallest absolute Gasteiger partial charge is 0.398 e. The molecule has 2 aliphatic heterocycles. The van der Waals surface area contributed by atoms with Crippen LogP contribution in [-0.2, 0) is 9.31 Å². The molecule has 6 heteroatoms. The lowest BCUT2D eigenvalue weighted by atomic mass is 9.85. The normalized spacial score (nSPS) is 43.4. The monoisotopic (exact) mass is 299 g/mol. The summed E-state index contributed by atoms with van der Waals surface area (Å²) in [7, 11) is -1.03. The lowest BCUT2D eigenvalue weighted by molar-refractivity contribution is 0.00578. The van der Waals surface area contributed by atoms with E-state index in [1.165, 1.54) is 6.20 Å². The van der Waals surface area contributed by atoms with Crippen LogP contribution in [0.3, 0.4) is 0 Å². The van der Waals surface area contributed by atoms with Crippen LogP contribution in [0.4, 0.5) is 5.82 Å². The van der Waals surface area contributed by atoms with Crippen molar-refractivity contribution in [3.8, 4) is 0 Å². The van der Waals surface area contributed by atoms with Gasteiger partial charge in [-0.2, -0.15) is 0 Å². The number of nitrogens with zero attached hydrogens (tertiary/aromatic N) is 3. The zero-order chi connectivity index (χ0) is 24.1. The van der Waals surface area contributed by atoms with Crippen molar-refractivity contribution in [1.82, 2.24) is 9.97 Å². The van der Waals surface area contributed by atoms with Crippen LogP contribution >= 0.6 is 0 Å². The second kappa shape index (κ2) is 5.25. The largest absolute Gasteiger partial charge is 0.516 e. The second-order valence-electron chi connectivity index (χ2n) is 5.82. The molecule has 1 aromatic rings. The standard InChI is InChI=1S/C15H24BN3O2/c1-14(2)15(3,4)21-16(20-14)12-10-17-11-13(18-12)19-8-6-5-7-9-19/h10-11H,5-9H2,1-4H3/i5D2,6D2,7D2,8D2,9D2. The molecule has 21 heavy (non-hydrogen) atoms. The SMILES string of the molecule is [2H]C1([2H])N(c2cncc(B3OC(C)(C)C(C)(C)O3)n2)C([2H])([2H])C([2H])([2H])C([2H])([2H])C1([2H])[2H]. The van der Waals surface area contributed by atoms with Crippen molar-refractivity contribution in [1.29, 1.82) is 0 Å². The third-order valence-corrected chi connectivity index (χ3v) is 3.82. The molecular weight excluding hydrogens is 265 g/mol. The molecule has 0 aliphatic carbocycles. The Kier molecular flexibility index (Phi) is 1.74. The fraction of sp³-hybridized carbons (Fsp3) is 0.733. The molecule has 0 aromatic carbocycles. The molecule has 114 valence electrons. The number of hydrogen-bond acceptors (Lipinski definition) is 5. The van der Waals surface area contributed by atoms with Crippen LogP contribution in [0.25, 0.3) is 0 Å². The van der Waals surface area contributed by atoms with Gasteiger partial charge < -0.3 is 14.2 Å². The fourth-order valence-electron chi connectivity index (χ4n) is 1.90. The maximum atomic E-state index is 8.26. The summed E-state index contributed by atoms with van der Waals surface area (Å²) in [5.74, 6) is -0.523. The van der Waals surface area contributed by atoms with E-state index >= 15 is 0 Å². The first kappa shape index (κ1) is 6.96. The van der Waals surface area contributed by atoms with Gasteiger partial charge in [-0.05, 0) is 46.8 Å². The van der Waals surface area contributed by atoms with Crippen molar-refractivity contribution in [3.63, 3.8) is 0 Å². The van der Waals surface area contributed by atoms with E-state index in [4.69, 9.17) is 23.0 Å². The molecule has 0 unspecified atom stereocenters. The van der Waals surface area contributed by atoms with Crippen LogP contribution in [0.2, 0.25) is 0 Å². The molecule has 5 nitrogen and oxygen atoms in total. The first-order valence-corrected chi connectivity index (χ1v) is 6.63. The lowest BCUT2D eigenvalue weighted by Crippen LogP contribution is -2.41. The molecule has 0 spiro atoms. The van der Waals surface area contributed by atoms with Crippen molar-refractivity contribution >= 4 is 18.5 Å². The van der Waals surface area contributed by atoms with Crippen LogP contribution in [0.15, 0.2) is 12.4 Å². The molecule has 0 saturated carbocycles. The number of piperidine rings is 1. The van der Waals surface area contributed by atoms with E-state index < -0.39 is 56.3 Å². The third-order valence-electron chi connectivity index (χ3n) is 3.82. The number of aromatic nitrogens is 2. The fourth-order valence-corrected chi connectivity index (χ4v) is 1.90. The average molecular weight is 299 g/mol. The molecular formula is C15H24BN3O2. The van der Waals surface area contributed by atoms with Gasteiger partial charge >= 0.3 is 7.12 Å². The number of anilines is 1. The molecule has 0 bridgehead atoms. The summed E-state index contributed by atoms with van der Waals surface area (Å²) >= 11 is 0. The maximum absolute atomic E-state index is 8.26. The number of hydrogen-bond donors (Lipinski definition) is 0. The minimum absolute atomic E-state index is 0.0532. The maximum Gasteiger partial charge on any atom is 0.516 e. The molecule has 0 radical (unpaired) electrons. The van der Waals surface area contributed by atoms with Gasteiger partial charge in [-0.25, -0.2) is 4.98 Å². The van der Waals surface area contributed by atoms with E-state index in [1.54, 1.807) is 27.7 Å². The Labute approximate surface area is 141 Å². The summed E-state index contributed by atoms with van der Waals surface area (Å²) in [6, 6.07) is 0. The van der Waals surface area contributed by atoms with Gasteiger partial charge in [0.25, 0.3) is 0 Å². The predicted octanol–water partition coefficient (Wildman–Crippen LogP) is 1.77. The molecule has 3 rings (SSSR count). The van der Waals surface area contributed by atoms with Crippen molar-refractivity contribution < 1.29 is 23.0 Å². The molecule has 2 fully saturated rings. The minimum Gasteiger partial charge on any atom is -0.398 e. The molecule has 0 atom stereocenters. The number of rotatable bonds is 2. The molecule has 2 aliphatic rings. The Bertz CT molecular complexity index is 850. The van der Waals surface area contributed by atoms with E-state index in [0.29, 0.717) is 0 Å². The molecule has 0 amide bonds. The van der Waals surface area contributed by atoms with Crippen LogP contribution < -0.4 is 10.5 Å².